The zero-order valence-corrected chi connectivity index (χ0v) is 18.2. The number of hydrogen-bond acceptors (Lipinski definition) is 3. The van der Waals surface area contributed by atoms with Gasteiger partial charge in [-0.05, 0) is 53.6 Å². The number of allylic oxidation sites excluding steroid dienone is 2. The summed E-state index contributed by atoms with van der Waals surface area (Å²) in [6, 6.07) is 22.4. The Balaban J connectivity index is 1.66. The number of hydrogen-bond donors (Lipinski definition) is 1. The van der Waals surface area contributed by atoms with Gasteiger partial charge in [0, 0.05) is 29.3 Å². The van der Waals surface area contributed by atoms with Crippen molar-refractivity contribution in [3.05, 3.63) is 125 Å². The molecule has 6 heteroatoms. The number of para-hydroxylation sites is 1. The molecule has 34 heavy (non-hydrogen) atoms. The number of aldehydes is 1. The molecular weight excluding hydrogens is 432 g/mol. The highest BCUT2D eigenvalue weighted by atomic mass is 19.1. The molecule has 0 saturated carbocycles. The van der Waals surface area contributed by atoms with Crippen molar-refractivity contribution >= 4 is 30.1 Å². The van der Waals surface area contributed by atoms with E-state index in [1.165, 1.54) is 30.3 Å². The number of halogens is 2. The van der Waals surface area contributed by atoms with Gasteiger partial charge in [0.25, 0.3) is 0 Å². The molecule has 0 radical (unpaired) electrons. The van der Waals surface area contributed by atoms with Crippen molar-refractivity contribution in [1.82, 2.24) is 9.78 Å². The smallest absolute Gasteiger partial charge is 0.160 e. The first-order valence-corrected chi connectivity index (χ1v) is 10.9. The first-order chi connectivity index (χ1) is 16.6. The standard InChI is InChI=1S/C28H21F2N3O/c29-22-11-7-20(8-12-22)28(21-9-13-23(30)14-10-21)16-15-25-26(19-28)33(17-4-18-34)32-27(25)31-24-5-2-1-3-6-24/h1-18H,19H2,(H,31,32). The quantitative estimate of drug-likeness (QED) is 0.282. The van der Waals surface area contributed by atoms with Crippen LogP contribution in [0.2, 0.25) is 0 Å². The molecule has 0 fully saturated rings. The molecular formula is C28H21F2N3O. The zero-order valence-electron chi connectivity index (χ0n) is 18.2. The van der Waals surface area contributed by atoms with Gasteiger partial charge >= 0.3 is 0 Å². The van der Waals surface area contributed by atoms with Crippen molar-refractivity contribution < 1.29 is 13.6 Å². The summed E-state index contributed by atoms with van der Waals surface area (Å²) in [6.07, 6.45) is 8.21. The Morgan fingerprint density at radius 2 is 1.50 bits per heavy atom. The summed E-state index contributed by atoms with van der Waals surface area (Å²) < 4.78 is 29.2. The number of fused-ring (bicyclic) bond motifs is 1. The van der Waals surface area contributed by atoms with E-state index in [1.54, 1.807) is 35.1 Å². The van der Waals surface area contributed by atoms with Crippen molar-refractivity contribution in [2.45, 2.75) is 11.8 Å². The fourth-order valence-corrected chi connectivity index (χ4v) is 4.43. The highest BCUT2D eigenvalue weighted by Crippen LogP contribution is 2.43. The van der Waals surface area contributed by atoms with Gasteiger partial charge in [-0.15, -0.1) is 5.10 Å². The predicted molar refractivity (Wildman–Crippen MR) is 130 cm³/mol. The Labute approximate surface area is 195 Å². The summed E-state index contributed by atoms with van der Waals surface area (Å²) in [7, 11) is 0. The monoisotopic (exact) mass is 453 g/mol. The van der Waals surface area contributed by atoms with Crippen molar-refractivity contribution in [1.29, 1.82) is 0 Å². The maximum atomic E-state index is 13.8. The number of rotatable bonds is 6. The molecule has 4 aromatic rings. The summed E-state index contributed by atoms with van der Waals surface area (Å²) in [5.74, 6) is -0.00149. The van der Waals surface area contributed by atoms with Gasteiger partial charge in [-0.1, -0.05) is 54.6 Å². The second kappa shape index (κ2) is 8.90. The first kappa shape index (κ1) is 21.5. The molecule has 1 heterocycles. The van der Waals surface area contributed by atoms with Crippen LogP contribution in [0.25, 0.3) is 12.3 Å². The molecule has 168 valence electrons. The Bertz CT molecular complexity index is 1330. The van der Waals surface area contributed by atoms with Gasteiger partial charge in [-0.2, -0.15) is 0 Å². The van der Waals surface area contributed by atoms with E-state index in [-0.39, 0.29) is 11.6 Å². The Morgan fingerprint density at radius 1 is 0.882 bits per heavy atom. The number of anilines is 2. The van der Waals surface area contributed by atoms with Gasteiger partial charge in [-0.25, -0.2) is 13.5 Å². The fourth-order valence-electron chi connectivity index (χ4n) is 4.43. The molecule has 1 aliphatic rings. The van der Waals surface area contributed by atoms with E-state index in [0.29, 0.717) is 18.5 Å². The number of carbonyl (C=O) groups is 1. The van der Waals surface area contributed by atoms with Gasteiger partial charge in [0.1, 0.15) is 17.9 Å². The largest absolute Gasteiger partial charge is 0.338 e. The van der Waals surface area contributed by atoms with E-state index in [0.717, 1.165) is 28.1 Å². The van der Waals surface area contributed by atoms with Crippen LogP contribution < -0.4 is 5.32 Å². The van der Waals surface area contributed by atoms with Crippen LogP contribution in [0.3, 0.4) is 0 Å². The summed E-state index contributed by atoms with van der Waals surface area (Å²) >= 11 is 0. The predicted octanol–water partition coefficient (Wildman–Crippen LogP) is 6.13. The lowest BCUT2D eigenvalue weighted by molar-refractivity contribution is -0.104. The lowest BCUT2D eigenvalue weighted by Gasteiger charge is -2.35. The molecule has 0 saturated heterocycles. The molecule has 0 bridgehead atoms. The Kier molecular flexibility index (Phi) is 5.64. The van der Waals surface area contributed by atoms with Crippen molar-refractivity contribution in [3.63, 3.8) is 0 Å². The van der Waals surface area contributed by atoms with Crippen LogP contribution in [-0.2, 0) is 16.6 Å². The average Bonchev–Trinajstić information content (AvgIpc) is 3.20. The first-order valence-electron chi connectivity index (χ1n) is 10.9. The van der Waals surface area contributed by atoms with Gasteiger partial charge in [0.15, 0.2) is 5.82 Å². The van der Waals surface area contributed by atoms with E-state index in [1.807, 2.05) is 36.4 Å². The minimum absolute atomic E-state index is 0.327. The Morgan fingerprint density at radius 3 is 2.09 bits per heavy atom. The second-order valence-corrected chi connectivity index (χ2v) is 8.12. The summed E-state index contributed by atoms with van der Waals surface area (Å²) in [6.45, 7) is 0. The maximum absolute atomic E-state index is 13.8. The maximum Gasteiger partial charge on any atom is 0.160 e. The lowest BCUT2D eigenvalue weighted by Crippen LogP contribution is -2.31. The molecule has 0 aliphatic heterocycles. The SMILES string of the molecule is O=CC=Cn1nc(Nc2ccccc2)c2c1CC(c1ccc(F)cc1)(c1ccc(F)cc1)C=C2. The molecule has 0 unspecified atom stereocenters. The van der Waals surface area contributed by atoms with E-state index < -0.39 is 5.41 Å². The number of nitrogens with zero attached hydrogens (tertiary/aromatic N) is 2. The molecule has 3 aromatic carbocycles. The third kappa shape index (κ3) is 3.94. The highest BCUT2D eigenvalue weighted by molar-refractivity contribution is 5.76. The van der Waals surface area contributed by atoms with Crippen LogP contribution >= 0.6 is 0 Å². The van der Waals surface area contributed by atoms with Crippen LogP contribution in [0.1, 0.15) is 22.4 Å². The summed E-state index contributed by atoms with van der Waals surface area (Å²) in [5, 5.41) is 8.04. The molecule has 0 spiro atoms. The molecule has 0 amide bonds. The van der Waals surface area contributed by atoms with E-state index >= 15 is 0 Å². The highest BCUT2D eigenvalue weighted by Gasteiger charge is 2.37. The number of nitrogens with one attached hydrogen (secondary N) is 1. The van der Waals surface area contributed by atoms with Gasteiger partial charge < -0.3 is 5.32 Å². The summed E-state index contributed by atoms with van der Waals surface area (Å²) in [4.78, 5) is 11.0. The van der Waals surface area contributed by atoms with Crippen LogP contribution in [-0.4, -0.2) is 16.1 Å². The van der Waals surface area contributed by atoms with E-state index in [4.69, 9.17) is 5.10 Å². The van der Waals surface area contributed by atoms with Gasteiger partial charge in [-0.3, -0.25) is 4.79 Å². The Hall–Kier alpha value is -4.32. The third-order valence-electron chi connectivity index (χ3n) is 6.09. The molecule has 1 N–H and O–H groups in total. The lowest BCUT2D eigenvalue weighted by atomic mass is 9.68. The van der Waals surface area contributed by atoms with E-state index in [2.05, 4.69) is 11.4 Å². The topological polar surface area (TPSA) is 46.9 Å². The normalized spacial score (nSPS) is 14.2. The van der Waals surface area contributed by atoms with Crippen molar-refractivity contribution in [3.8, 4) is 0 Å². The van der Waals surface area contributed by atoms with Crippen LogP contribution in [0.4, 0.5) is 20.3 Å². The molecule has 0 atom stereocenters. The average molecular weight is 453 g/mol. The molecule has 4 nitrogen and oxygen atoms in total. The zero-order chi connectivity index (χ0) is 23.5. The summed E-state index contributed by atoms with van der Waals surface area (Å²) in [5.41, 5.74) is 3.70. The molecule has 1 aliphatic carbocycles. The number of aromatic nitrogens is 2. The number of benzene rings is 3. The fraction of sp³-hybridized carbons (Fsp3) is 0.0714. The molecule has 5 rings (SSSR count). The minimum Gasteiger partial charge on any atom is -0.338 e. The minimum atomic E-state index is -0.675. The van der Waals surface area contributed by atoms with Crippen molar-refractivity contribution in [2.75, 3.05) is 5.32 Å². The third-order valence-corrected chi connectivity index (χ3v) is 6.09. The van der Waals surface area contributed by atoms with Gasteiger partial charge in [0.2, 0.25) is 0 Å². The van der Waals surface area contributed by atoms with Crippen molar-refractivity contribution in [2.24, 2.45) is 0 Å². The molecule has 1 aromatic heterocycles. The number of carbonyl (C=O) groups excluding carboxylic acids is 1. The second-order valence-electron chi connectivity index (χ2n) is 8.12. The van der Waals surface area contributed by atoms with Crippen LogP contribution in [0, 0.1) is 11.6 Å². The van der Waals surface area contributed by atoms with Gasteiger partial charge in [0.05, 0.1) is 5.69 Å². The van der Waals surface area contributed by atoms with Crippen LogP contribution in [0.15, 0.2) is 91.0 Å². The van der Waals surface area contributed by atoms with E-state index in [9.17, 15) is 13.6 Å². The van der Waals surface area contributed by atoms with Crippen LogP contribution in [0.5, 0.6) is 0 Å².